The van der Waals surface area contributed by atoms with Crippen molar-refractivity contribution in [3.05, 3.63) is 30.1 Å². The summed E-state index contributed by atoms with van der Waals surface area (Å²) in [6.45, 7) is 1.45. The molecule has 0 fully saturated rings. The summed E-state index contributed by atoms with van der Waals surface area (Å²) in [6, 6.07) is 4.53. The van der Waals surface area contributed by atoms with E-state index in [1.165, 1.54) is 19.1 Å². The van der Waals surface area contributed by atoms with Gasteiger partial charge in [-0.15, -0.1) is 0 Å². The first-order valence-corrected chi connectivity index (χ1v) is 8.43. The van der Waals surface area contributed by atoms with E-state index in [2.05, 4.69) is 0 Å². The van der Waals surface area contributed by atoms with E-state index in [1.807, 2.05) is 0 Å². The van der Waals surface area contributed by atoms with Gasteiger partial charge in [0.15, 0.2) is 19.7 Å². The second-order valence-corrected chi connectivity index (χ2v) is 8.09. The van der Waals surface area contributed by atoms with Gasteiger partial charge in [-0.1, -0.05) is 13.0 Å². The van der Waals surface area contributed by atoms with Crippen LogP contribution >= 0.6 is 0 Å². The number of benzene rings is 1. The van der Waals surface area contributed by atoms with Crippen LogP contribution in [0.2, 0.25) is 0 Å². The Morgan fingerprint density at radius 2 is 1.76 bits per heavy atom. The third-order valence-electron chi connectivity index (χ3n) is 2.26. The molecule has 0 aliphatic carbocycles. The third kappa shape index (κ3) is 4.08. The summed E-state index contributed by atoms with van der Waals surface area (Å²) in [7, 11) is -7.09. The average Bonchev–Trinajstić information content (AvgIpc) is 2.27. The molecule has 0 heterocycles. The zero-order valence-electron chi connectivity index (χ0n) is 9.26. The predicted molar refractivity (Wildman–Crippen MR) is 62.8 cm³/mol. The molecule has 0 unspecified atom stereocenters. The van der Waals surface area contributed by atoms with Crippen LogP contribution < -0.4 is 0 Å². The van der Waals surface area contributed by atoms with Crippen molar-refractivity contribution in [2.24, 2.45) is 0 Å². The van der Waals surface area contributed by atoms with Gasteiger partial charge in [-0.05, 0) is 18.2 Å². The minimum atomic E-state index is -3.75. The first-order chi connectivity index (χ1) is 7.77. The summed E-state index contributed by atoms with van der Waals surface area (Å²) >= 11 is 0. The summed E-state index contributed by atoms with van der Waals surface area (Å²) in [5, 5.41) is 0. The highest BCUT2D eigenvalue weighted by Crippen LogP contribution is 2.13. The summed E-state index contributed by atoms with van der Waals surface area (Å²) in [5.41, 5.74) is 0. The molecule has 0 bridgehead atoms. The van der Waals surface area contributed by atoms with Gasteiger partial charge >= 0.3 is 0 Å². The second kappa shape index (κ2) is 5.14. The second-order valence-electron chi connectivity index (χ2n) is 3.51. The number of rotatable bonds is 5. The summed E-state index contributed by atoms with van der Waals surface area (Å²) in [4.78, 5) is -0.191. The molecule has 0 spiro atoms. The highest BCUT2D eigenvalue weighted by Gasteiger charge is 2.19. The molecule has 1 rings (SSSR count). The standard InChI is InChI=1S/C10H13FO4S2/c1-2-16(12,13)6-7-17(14,15)10-5-3-4-9(11)8-10/h3-5,8H,2,6-7H2,1H3. The van der Waals surface area contributed by atoms with Crippen LogP contribution in [0.4, 0.5) is 4.39 Å². The first-order valence-electron chi connectivity index (χ1n) is 4.95. The highest BCUT2D eigenvalue weighted by molar-refractivity contribution is 7.95. The molecule has 7 heteroatoms. The van der Waals surface area contributed by atoms with E-state index < -0.39 is 37.0 Å². The molecule has 4 nitrogen and oxygen atoms in total. The van der Waals surface area contributed by atoms with Crippen molar-refractivity contribution in [3.63, 3.8) is 0 Å². The van der Waals surface area contributed by atoms with Crippen molar-refractivity contribution < 1.29 is 21.2 Å². The lowest BCUT2D eigenvalue weighted by atomic mass is 10.4. The molecule has 0 aliphatic rings. The number of sulfone groups is 2. The fraction of sp³-hybridized carbons (Fsp3) is 0.400. The van der Waals surface area contributed by atoms with E-state index in [9.17, 15) is 21.2 Å². The molecule has 1 aromatic carbocycles. The molecule has 1 aromatic rings. The molecule has 0 atom stereocenters. The van der Waals surface area contributed by atoms with Crippen molar-refractivity contribution in [1.29, 1.82) is 0 Å². The highest BCUT2D eigenvalue weighted by atomic mass is 32.2. The van der Waals surface area contributed by atoms with Crippen LogP contribution in [0.25, 0.3) is 0 Å². The molecule has 96 valence electrons. The quantitative estimate of drug-likeness (QED) is 0.808. The Bertz CT molecular complexity index is 590. The monoisotopic (exact) mass is 280 g/mol. The molecule has 17 heavy (non-hydrogen) atoms. The Hall–Kier alpha value is -0.950. The lowest BCUT2D eigenvalue weighted by Gasteiger charge is -2.04. The van der Waals surface area contributed by atoms with E-state index in [0.29, 0.717) is 0 Å². The van der Waals surface area contributed by atoms with Crippen LogP contribution in [0.15, 0.2) is 29.2 Å². The van der Waals surface area contributed by atoms with E-state index in [1.54, 1.807) is 0 Å². The van der Waals surface area contributed by atoms with Gasteiger partial charge in [0.1, 0.15) is 5.82 Å². The van der Waals surface area contributed by atoms with Crippen LogP contribution in [-0.2, 0) is 19.7 Å². The van der Waals surface area contributed by atoms with Gasteiger partial charge in [0.25, 0.3) is 0 Å². The zero-order chi connectivity index (χ0) is 13.1. The maximum absolute atomic E-state index is 12.9. The van der Waals surface area contributed by atoms with Crippen LogP contribution in [0.3, 0.4) is 0 Å². The molecule has 0 amide bonds. The molecule has 0 aliphatic heterocycles. The van der Waals surface area contributed by atoms with Gasteiger partial charge in [0, 0.05) is 5.75 Å². The van der Waals surface area contributed by atoms with E-state index in [-0.39, 0.29) is 10.6 Å². The normalized spacial score (nSPS) is 12.6. The van der Waals surface area contributed by atoms with Gasteiger partial charge in [0.2, 0.25) is 0 Å². The number of hydrogen-bond acceptors (Lipinski definition) is 4. The Morgan fingerprint density at radius 1 is 1.12 bits per heavy atom. The maximum Gasteiger partial charge on any atom is 0.179 e. The fourth-order valence-corrected chi connectivity index (χ4v) is 4.16. The number of halogens is 1. The largest absolute Gasteiger partial charge is 0.229 e. The van der Waals surface area contributed by atoms with Gasteiger partial charge in [0.05, 0.1) is 16.4 Å². The molecular weight excluding hydrogens is 267 g/mol. The lowest BCUT2D eigenvalue weighted by Crippen LogP contribution is -2.18. The predicted octanol–water partition coefficient (Wildman–Crippen LogP) is 1.03. The maximum atomic E-state index is 12.9. The van der Waals surface area contributed by atoms with Crippen molar-refractivity contribution >= 4 is 19.7 Å². The lowest BCUT2D eigenvalue weighted by molar-refractivity contribution is 0.586. The first kappa shape index (κ1) is 14.1. The van der Waals surface area contributed by atoms with E-state index >= 15 is 0 Å². The Labute approximate surface area is 100 Å². The van der Waals surface area contributed by atoms with Gasteiger partial charge < -0.3 is 0 Å². The van der Waals surface area contributed by atoms with Crippen LogP contribution in [0.1, 0.15) is 6.92 Å². The van der Waals surface area contributed by atoms with Crippen molar-refractivity contribution in [2.45, 2.75) is 11.8 Å². The van der Waals surface area contributed by atoms with Crippen molar-refractivity contribution in [3.8, 4) is 0 Å². The zero-order valence-corrected chi connectivity index (χ0v) is 10.9. The number of hydrogen-bond donors (Lipinski definition) is 0. The molecule has 0 saturated heterocycles. The Morgan fingerprint density at radius 3 is 2.29 bits per heavy atom. The van der Waals surface area contributed by atoms with Gasteiger partial charge in [-0.3, -0.25) is 0 Å². The van der Waals surface area contributed by atoms with Gasteiger partial charge in [-0.2, -0.15) is 0 Å². The summed E-state index contributed by atoms with van der Waals surface area (Å²) < 4.78 is 58.7. The summed E-state index contributed by atoms with van der Waals surface area (Å²) in [6.07, 6.45) is 0. The van der Waals surface area contributed by atoms with Gasteiger partial charge in [-0.25, -0.2) is 21.2 Å². The van der Waals surface area contributed by atoms with E-state index in [4.69, 9.17) is 0 Å². The van der Waals surface area contributed by atoms with Crippen LogP contribution in [0, 0.1) is 5.82 Å². The molecule has 0 radical (unpaired) electrons. The van der Waals surface area contributed by atoms with Crippen LogP contribution in [-0.4, -0.2) is 34.1 Å². The Kier molecular flexibility index (Phi) is 4.26. The Balaban J connectivity index is 2.91. The molecule has 0 aromatic heterocycles. The molecular formula is C10H13FO4S2. The third-order valence-corrected chi connectivity index (χ3v) is 5.94. The summed E-state index contributed by atoms with van der Waals surface area (Å²) in [5.74, 6) is -1.73. The van der Waals surface area contributed by atoms with E-state index in [0.717, 1.165) is 12.1 Å². The minimum Gasteiger partial charge on any atom is -0.229 e. The topological polar surface area (TPSA) is 68.3 Å². The fourth-order valence-electron chi connectivity index (χ4n) is 1.16. The SMILES string of the molecule is CCS(=O)(=O)CCS(=O)(=O)c1cccc(F)c1. The minimum absolute atomic E-state index is 0.105. The smallest absolute Gasteiger partial charge is 0.179 e. The molecule has 0 saturated carbocycles. The van der Waals surface area contributed by atoms with Crippen molar-refractivity contribution in [2.75, 3.05) is 17.3 Å². The van der Waals surface area contributed by atoms with Crippen molar-refractivity contribution in [1.82, 2.24) is 0 Å². The molecule has 0 N–H and O–H groups in total. The van der Waals surface area contributed by atoms with Crippen LogP contribution in [0.5, 0.6) is 0 Å². The average molecular weight is 280 g/mol.